The topological polar surface area (TPSA) is 542 Å². The van der Waals surface area contributed by atoms with Crippen molar-refractivity contribution in [3.8, 4) is 11.5 Å². The molecule has 34 nitrogen and oxygen atoms in total. The third kappa shape index (κ3) is 14.9. The van der Waals surface area contributed by atoms with Crippen molar-refractivity contribution in [1.29, 1.82) is 0 Å². The minimum Gasteiger partial charge on any atom is -0.505 e. The van der Waals surface area contributed by atoms with E-state index in [1.165, 1.54) is 48.5 Å². The SMILES string of the molecule is O=S(=O)(O)c1cc(Nc2nc(Cl)nc(Nc3ccc(Nc4nc(Cl)nc(Nc5cc(S(=O)(=O)O)cc6cc(S(=O)(=O)O)c(N=Nc7ccccc7S(=O)(=O)O)c(O)c56)n4)cc3)n2)c2c(O)c(N=Nc3ccccc3S(=O)(=O)O)c(S(=O)(=O)O)cc2c1.[Na]. The number of phenols is 2. The van der Waals surface area contributed by atoms with Crippen molar-refractivity contribution in [1.82, 2.24) is 29.9 Å². The molecular formula is C44H30Cl2N14NaO20S6. The Balaban J connectivity index is 0.00000982. The van der Waals surface area contributed by atoms with Gasteiger partial charge in [0.15, 0.2) is 11.5 Å². The van der Waals surface area contributed by atoms with Gasteiger partial charge >= 0.3 is 0 Å². The Hall–Kier alpha value is -7.88. The van der Waals surface area contributed by atoms with Gasteiger partial charge in [-0.2, -0.15) is 80.4 Å². The normalized spacial score (nSPS) is 12.6. The molecule has 0 atom stereocenters. The molecule has 43 heteroatoms. The summed E-state index contributed by atoms with van der Waals surface area (Å²) in [7, 11) is -30.9. The van der Waals surface area contributed by atoms with E-state index < -0.39 is 180 Å². The molecule has 0 bridgehead atoms. The van der Waals surface area contributed by atoms with E-state index in [0.717, 1.165) is 36.4 Å². The predicted octanol–water partition coefficient (Wildman–Crippen LogP) is 7.99. The number of phenolic OH excluding ortho intramolecular Hbond substituents is 2. The van der Waals surface area contributed by atoms with Crippen LogP contribution in [0.5, 0.6) is 11.5 Å². The van der Waals surface area contributed by atoms with Crippen LogP contribution in [0.1, 0.15) is 0 Å². The van der Waals surface area contributed by atoms with Crippen molar-refractivity contribution in [3.63, 3.8) is 0 Å². The second-order valence-corrected chi connectivity index (χ2v) is 26.1. The molecule has 7 aromatic carbocycles. The van der Waals surface area contributed by atoms with Gasteiger partial charge in [0.1, 0.15) is 42.3 Å². The second kappa shape index (κ2) is 24.4. The van der Waals surface area contributed by atoms with Crippen LogP contribution in [-0.2, 0) is 60.7 Å². The Bertz CT molecular complexity index is 4820. The first kappa shape index (κ1) is 65.1. The van der Waals surface area contributed by atoms with Gasteiger partial charge in [-0.3, -0.25) is 27.3 Å². The summed E-state index contributed by atoms with van der Waals surface area (Å²) in [5, 5.41) is 45.7. The second-order valence-electron chi connectivity index (χ2n) is 17.0. The number of nitrogens with one attached hydrogen (secondary N) is 4. The average Bonchev–Trinajstić information content (AvgIpc) is 0.856. The fraction of sp³-hybridized carbons (Fsp3) is 0. The fourth-order valence-electron chi connectivity index (χ4n) is 7.78. The molecule has 9 aromatic rings. The standard InChI is InChI=1S/C44H30Cl2N14O20S6.Na/c45-39-51-41(55-43(53-39)49-27-17-23(81(63,64)65)13-19-15-31(85(75,76)77)35(37(61)33(19)27)59-57-25-5-1-3-7-29(25)83(69,70)71)47-21-9-11-22(12-10-21)48-42-52-40(46)54-44(56-42)50-28-18-24(82(66,67)68)14-20-16-32(86(78,79)80)36(38(62)34(20)28)60-58-26-6-2-4-8-30(26)84(72,73)74;/h1-18,61-62H,(H,63,64,65)(H,66,67,68)(H,69,70,71)(H,72,73,74)(H,75,76,77)(H,78,79,80)(H2,47,49,51,53,55)(H2,48,50,52,54,56);. The van der Waals surface area contributed by atoms with Crippen molar-refractivity contribution in [2.24, 2.45) is 20.5 Å². The Morgan fingerprint density at radius 2 is 0.678 bits per heavy atom. The van der Waals surface area contributed by atoms with Crippen LogP contribution in [0.25, 0.3) is 21.5 Å². The molecule has 447 valence electrons. The first-order chi connectivity index (χ1) is 40.0. The molecular weight excluding hydrogens is 1330 g/mol. The number of azo groups is 2. The van der Waals surface area contributed by atoms with Crippen molar-refractivity contribution < 1.29 is 88.0 Å². The number of hydrogen-bond donors (Lipinski definition) is 12. The number of nitrogens with zero attached hydrogens (tertiary/aromatic N) is 10. The summed E-state index contributed by atoms with van der Waals surface area (Å²) in [5.41, 5.74) is -3.70. The summed E-state index contributed by atoms with van der Waals surface area (Å²) < 4.78 is 208. The molecule has 9 rings (SSSR count). The number of hydrogen-bond acceptors (Lipinski definition) is 28. The minimum absolute atomic E-state index is 0. The van der Waals surface area contributed by atoms with Crippen LogP contribution in [0.4, 0.5) is 69.3 Å². The molecule has 0 fully saturated rings. The van der Waals surface area contributed by atoms with Crippen molar-refractivity contribution in [3.05, 3.63) is 120 Å². The zero-order valence-corrected chi connectivity index (χ0v) is 51.0. The van der Waals surface area contributed by atoms with Gasteiger partial charge in [-0.15, -0.1) is 20.5 Å². The predicted molar refractivity (Wildman–Crippen MR) is 306 cm³/mol. The molecule has 87 heavy (non-hydrogen) atoms. The van der Waals surface area contributed by atoms with E-state index in [1.807, 2.05) is 0 Å². The zero-order valence-electron chi connectivity index (χ0n) is 42.5. The van der Waals surface area contributed by atoms with Crippen LogP contribution >= 0.6 is 23.2 Å². The fourth-order valence-corrected chi connectivity index (χ4v) is 11.8. The molecule has 0 spiro atoms. The molecule has 0 saturated heterocycles. The largest absolute Gasteiger partial charge is 0.505 e. The van der Waals surface area contributed by atoms with Gasteiger partial charge in [-0.1, -0.05) is 24.3 Å². The van der Waals surface area contributed by atoms with Crippen LogP contribution in [0.15, 0.2) is 159 Å². The van der Waals surface area contributed by atoms with Crippen molar-refractivity contribution in [2.75, 3.05) is 21.3 Å². The zero-order chi connectivity index (χ0) is 62.6. The molecule has 2 heterocycles. The molecule has 0 unspecified atom stereocenters. The van der Waals surface area contributed by atoms with E-state index in [-0.39, 0.29) is 52.8 Å². The van der Waals surface area contributed by atoms with E-state index in [2.05, 4.69) is 71.6 Å². The van der Waals surface area contributed by atoms with E-state index in [4.69, 9.17) is 23.2 Å². The summed E-state index contributed by atoms with van der Waals surface area (Å²) in [4.78, 5) is 18.5. The monoisotopic (exact) mass is 1360 g/mol. The quantitative estimate of drug-likeness (QED) is 0.0220. The van der Waals surface area contributed by atoms with E-state index >= 15 is 0 Å². The van der Waals surface area contributed by atoms with Gasteiger partial charge < -0.3 is 31.5 Å². The first-order valence-corrected chi connectivity index (χ1v) is 32.0. The number of benzene rings is 7. The third-order valence-corrected chi connectivity index (χ3v) is 16.8. The van der Waals surface area contributed by atoms with Gasteiger partial charge in [0.2, 0.25) is 34.4 Å². The van der Waals surface area contributed by atoms with Crippen LogP contribution in [0, 0.1) is 0 Å². The van der Waals surface area contributed by atoms with Gasteiger partial charge in [-0.05, 0) is 119 Å². The number of aromatic nitrogens is 6. The minimum atomic E-state index is -5.37. The van der Waals surface area contributed by atoms with Gasteiger partial charge in [0, 0.05) is 51.7 Å². The maximum atomic E-state index is 12.6. The Labute approximate surface area is 520 Å². The Morgan fingerprint density at radius 1 is 0.368 bits per heavy atom. The number of fused-ring (bicyclic) bond motifs is 2. The summed E-state index contributed by atoms with van der Waals surface area (Å²) in [6.45, 7) is 0. The van der Waals surface area contributed by atoms with E-state index in [0.29, 0.717) is 24.3 Å². The van der Waals surface area contributed by atoms with Crippen LogP contribution < -0.4 is 21.3 Å². The van der Waals surface area contributed by atoms with Gasteiger partial charge in [-0.25, -0.2) is 0 Å². The molecule has 0 aliphatic carbocycles. The molecule has 2 aromatic heterocycles. The number of anilines is 8. The van der Waals surface area contributed by atoms with Crippen molar-refractivity contribution >= 4 is 204 Å². The van der Waals surface area contributed by atoms with Crippen molar-refractivity contribution in [2.45, 2.75) is 29.4 Å². The van der Waals surface area contributed by atoms with Gasteiger partial charge in [0.05, 0.1) is 21.2 Å². The molecule has 0 saturated carbocycles. The third-order valence-electron chi connectivity index (χ3n) is 11.3. The van der Waals surface area contributed by atoms with Crippen LogP contribution in [0.2, 0.25) is 10.6 Å². The summed E-state index contributed by atoms with van der Waals surface area (Å²) in [5.74, 6) is -3.88. The average molecular weight is 1360 g/mol. The van der Waals surface area contributed by atoms with E-state index in [1.54, 1.807) is 0 Å². The Kier molecular flexibility index (Phi) is 18.2. The van der Waals surface area contributed by atoms with Crippen LogP contribution in [-0.4, -0.2) is 147 Å². The number of halogens is 2. The maximum Gasteiger partial charge on any atom is 0.296 e. The molecule has 0 aliphatic heterocycles. The first-order valence-electron chi connectivity index (χ1n) is 22.6. The smallest absolute Gasteiger partial charge is 0.296 e. The van der Waals surface area contributed by atoms with Crippen LogP contribution in [0.3, 0.4) is 0 Å². The summed E-state index contributed by atoms with van der Waals surface area (Å²) >= 11 is 12.5. The Morgan fingerprint density at radius 3 is 0.989 bits per heavy atom. The number of aromatic hydroxyl groups is 2. The van der Waals surface area contributed by atoms with Gasteiger partial charge in [0.25, 0.3) is 60.7 Å². The molecule has 0 aliphatic rings. The molecule has 1 radical (unpaired) electrons. The summed E-state index contributed by atoms with van der Waals surface area (Å²) in [6, 6.07) is 18.8. The number of rotatable bonds is 18. The molecule has 12 N–H and O–H groups in total. The van der Waals surface area contributed by atoms with E-state index in [9.17, 15) is 88.0 Å². The maximum absolute atomic E-state index is 12.6. The molecule has 0 amide bonds. The summed E-state index contributed by atoms with van der Waals surface area (Å²) in [6.07, 6.45) is 0.